The number of rotatable bonds is 3. The monoisotopic (exact) mass is 268 g/mol. The Hall–Kier alpha value is -2.35. The second-order valence-electron chi connectivity index (χ2n) is 3.55. The molecule has 18 heavy (non-hydrogen) atoms. The Kier molecular flexibility index (Phi) is 3.02. The van der Waals surface area contributed by atoms with Crippen molar-refractivity contribution in [1.82, 2.24) is 15.2 Å². The number of nitrogens with zero attached hydrogens (tertiary/aromatic N) is 3. The van der Waals surface area contributed by atoms with Crippen LogP contribution in [-0.2, 0) is 0 Å². The molecule has 2 heterocycles. The summed E-state index contributed by atoms with van der Waals surface area (Å²) in [5.41, 5.74) is 5.94. The van der Waals surface area contributed by atoms with Crippen molar-refractivity contribution in [3.63, 3.8) is 0 Å². The van der Waals surface area contributed by atoms with E-state index >= 15 is 0 Å². The number of nitrogen functional groups attached to an aromatic ring is 1. The highest BCUT2D eigenvalue weighted by Gasteiger charge is 2.19. The van der Waals surface area contributed by atoms with E-state index in [1.165, 1.54) is 6.07 Å². The molecule has 0 unspecified atom stereocenters. The molecule has 94 valence electrons. The van der Waals surface area contributed by atoms with Gasteiger partial charge in [0.2, 0.25) is 5.15 Å². The quantitative estimate of drug-likeness (QED) is 0.444. The molecule has 0 aliphatic heterocycles. The molecule has 0 saturated carbocycles. The van der Waals surface area contributed by atoms with Gasteiger partial charge in [-0.1, -0.05) is 11.6 Å². The van der Waals surface area contributed by atoms with Gasteiger partial charge in [-0.05, 0) is 6.92 Å². The van der Waals surface area contributed by atoms with E-state index in [0.29, 0.717) is 5.82 Å². The summed E-state index contributed by atoms with van der Waals surface area (Å²) in [6.07, 6.45) is 0. The molecule has 0 spiro atoms. The maximum atomic E-state index is 10.7. The largest absolute Gasteiger partial charge is 0.393 e. The van der Waals surface area contributed by atoms with Crippen LogP contribution in [-0.4, -0.2) is 20.1 Å². The van der Waals surface area contributed by atoms with Crippen LogP contribution in [0.25, 0.3) is 0 Å². The van der Waals surface area contributed by atoms with Crippen LogP contribution in [0.2, 0.25) is 5.15 Å². The number of hydrogen-bond donors (Lipinski definition) is 3. The van der Waals surface area contributed by atoms with Crippen LogP contribution in [0.1, 0.15) is 5.69 Å². The third-order valence-electron chi connectivity index (χ3n) is 2.12. The van der Waals surface area contributed by atoms with Gasteiger partial charge in [-0.3, -0.25) is 15.2 Å². The van der Waals surface area contributed by atoms with Crippen LogP contribution in [0.3, 0.4) is 0 Å². The zero-order valence-corrected chi connectivity index (χ0v) is 10.0. The van der Waals surface area contributed by atoms with Gasteiger partial charge in [-0.15, -0.1) is 0 Å². The SMILES string of the molecule is Cc1cc(Nc2cc(N)c([N+](=O)[O-])c(Cl)n2)n[nH]1. The van der Waals surface area contributed by atoms with E-state index < -0.39 is 10.6 Å². The van der Waals surface area contributed by atoms with E-state index in [1.54, 1.807) is 6.07 Å². The standard InChI is InChI=1S/C9H9ClN6O2/c1-4-2-7(15-14-4)12-6-3-5(11)8(16(17)18)9(10)13-6/h2-3H,1H3,(H4,11,12,13,14,15). The molecule has 0 atom stereocenters. The first-order valence-electron chi connectivity index (χ1n) is 4.87. The molecule has 0 radical (unpaired) electrons. The Bertz CT molecular complexity index is 588. The summed E-state index contributed by atoms with van der Waals surface area (Å²) in [5.74, 6) is 0.805. The summed E-state index contributed by atoms with van der Waals surface area (Å²) in [4.78, 5) is 13.8. The highest BCUT2D eigenvalue weighted by Crippen LogP contribution is 2.31. The fourth-order valence-electron chi connectivity index (χ4n) is 1.38. The number of nitrogens with two attached hydrogens (primary N) is 1. The lowest BCUT2D eigenvalue weighted by Gasteiger charge is -2.04. The van der Waals surface area contributed by atoms with E-state index in [4.69, 9.17) is 17.3 Å². The minimum absolute atomic E-state index is 0.0604. The van der Waals surface area contributed by atoms with Gasteiger partial charge in [0.25, 0.3) is 0 Å². The van der Waals surface area contributed by atoms with Gasteiger partial charge in [0.1, 0.15) is 11.5 Å². The van der Waals surface area contributed by atoms with Gasteiger partial charge < -0.3 is 11.1 Å². The summed E-state index contributed by atoms with van der Waals surface area (Å²) >= 11 is 5.70. The lowest BCUT2D eigenvalue weighted by atomic mass is 10.3. The van der Waals surface area contributed by atoms with Crippen LogP contribution in [0.5, 0.6) is 0 Å². The molecule has 0 aromatic carbocycles. The number of pyridine rings is 1. The van der Waals surface area contributed by atoms with E-state index in [2.05, 4.69) is 20.5 Å². The number of aromatic nitrogens is 3. The van der Waals surface area contributed by atoms with Crippen LogP contribution < -0.4 is 11.1 Å². The van der Waals surface area contributed by atoms with Crippen molar-refractivity contribution in [3.05, 3.63) is 33.1 Å². The number of aryl methyl sites for hydroxylation is 1. The first-order chi connectivity index (χ1) is 8.47. The van der Waals surface area contributed by atoms with Crippen LogP contribution in [0.4, 0.5) is 23.0 Å². The molecule has 2 aromatic rings. The van der Waals surface area contributed by atoms with Crippen LogP contribution in [0, 0.1) is 17.0 Å². The lowest BCUT2D eigenvalue weighted by molar-refractivity contribution is -0.384. The zero-order chi connectivity index (χ0) is 13.3. The van der Waals surface area contributed by atoms with Crippen molar-refractivity contribution in [2.24, 2.45) is 0 Å². The normalized spacial score (nSPS) is 10.3. The van der Waals surface area contributed by atoms with Crippen molar-refractivity contribution in [2.75, 3.05) is 11.1 Å². The smallest absolute Gasteiger partial charge is 0.329 e. The van der Waals surface area contributed by atoms with E-state index in [9.17, 15) is 10.1 Å². The van der Waals surface area contributed by atoms with Crippen molar-refractivity contribution in [2.45, 2.75) is 6.92 Å². The second kappa shape index (κ2) is 4.49. The highest BCUT2D eigenvalue weighted by atomic mass is 35.5. The summed E-state index contributed by atoms with van der Waals surface area (Å²) in [7, 11) is 0. The molecule has 0 fully saturated rings. The summed E-state index contributed by atoms with van der Waals surface area (Å²) < 4.78 is 0. The van der Waals surface area contributed by atoms with Crippen LogP contribution in [0.15, 0.2) is 12.1 Å². The zero-order valence-electron chi connectivity index (χ0n) is 9.27. The molecule has 0 aliphatic carbocycles. The maximum Gasteiger partial charge on any atom is 0.329 e. The number of anilines is 3. The van der Waals surface area contributed by atoms with Gasteiger partial charge >= 0.3 is 5.69 Å². The summed E-state index contributed by atoms with van der Waals surface area (Å²) in [5, 5.41) is 19.9. The fraction of sp³-hybridized carbons (Fsp3) is 0.111. The average Bonchev–Trinajstić information content (AvgIpc) is 2.62. The molecule has 2 aromatic heterocycles. The van der Waals surface area contributed by atoms with Crippen LogP contribution >= 0.6 is 11.6 Å². The lowest BCUT2D eigenvalue weighted by Crippen LogP contribution is -2.01. The molecule has 2 rings (SSSR count). The topological polar surface area (TPSA) is 123 Å². The van der Waals surface area contributed by atoms with Crippen molar-refractivity contribution in [3.8, 4) is 0 Å². The molecule has 4 N–H and O–H groups in total. The molecule has 0 bridgehead atoms. The van der Waals surface area contributed by atoms with Gasteiger partial charge in [0.15, 0.2) is 5.82 Å². The third-order valence-corrected chi connectivity index (χ3v) is 2.39. The predicted molar refractivity (Wildman–Crippen MR) is 66.9 cm³/mol. The first kappa shape index (κ1) is 12.1. The Morgan fingerprint density at radius 2 is 2.22 bits per heavy atom. The van der Waals surface area contributed by atoms with Crippen molar-refractivity contribution < 1.29 is 4.92 Å². The number of nitrogens with one attached hydrogen (secondary N) is 2. The molecule has 0 aliphatic rings. The first-order valence-corrected chi connectivity index (χ1v) is 5.24. The Labute approximate surface area is 106 Å². The Balaban J connectivity index is 2.33. The number of nitro groups is 1. The van der Waals surface area contributed by atoms with Crippen molar-refractivity contribution >= 4 is 34.6 Å². The van der Waals surface area contributed by atoms with E-state index in [-0.39, 0.29) is 16.7 Å². The maximum absolute atomic E-state index is 10.7. The van der Waals surface area contributed by atoms with Crippen molar-refractivity contribution in [1.29, 1.82) is 0 Å². The molecule has 0 saturated heterocycles. The number of hydrogen-bond acceptors (Lipinski definition) is 6. The van der Waals surface area contributed by atoms with E-state index in [0.717, 1.165) is 5.69 Å². The number of aromatic amines is 1. The van der Waals surface area contributed by atoms with Gasteiger partial charge in [0, 0.05) is 17.8 Å². The highest BCUT2D eigenvalue weighted by molar-refractivity contribution is 6.32. The van der Waals surface area contributed by atoms with Gasteiger partial charge in [0.05, 0.1) is 4.92 Å². The minimum atomic E-state index is -0.673. The fourth-order valence-corrected chi connectivity index (χ4v) is 1.65. The minimum Gasteiger partial charge on any atom is -0.393 e. The number of halogens is 1. The Morgan fingerprint density at radius 1 is 1.50 bits per heavy atom. The number of H-pyrrole nitrogens is 1. The predicted octanol–water partition coefficient (Wildman–Crippen LogP) is 2.00. The molecule has 9 heteroatoms. The second-order valence-corrected chi connectivity index (χ2v) is 3.91. The van der Waals surface area contributed by atoms with E-state index in [1.807, 2.05) is 6.92 Å². The Morgan fingerprint density at radius 3 is 2.72 bits per heavy atom. The molecular weight excluding hydrogens is 260 g/mol. The molecular formula is C9H9ClN6O2. The van der Waals surface area contributed by atoms with Gasteiger partial charge in [-0.2, -0.15) is 5.10 Å². The van der Waals surface area contributed by atoms with Gasteiger partial charge in [-0.25, -0.2) is 4.98 Å². The summed E-state index contributed by atoms with van der Waals surface area (Å²) in [6.45, 7) is 1.84. The average molecular weight is 269 g/mol. The summed E-state index contributed by atoms with van der Waals surface area (Å²) in [6, 6.07) is 3.07. The molecule has 8 nitrogen and oxygen atoms in total. The third kappa shape index (κ3) is 2.33. The molecule has 0 amide bonds.